The van der Waals surface area contributed by atoms with E-state index < -0.39 is 0 Å². The summed E-state index contributed by atoms with van der Waals surface area (Å²) < 4.78 is 0. The van der Waals surface area contributed by atoms with Gasteiger partial charge in [-0.15, -0.1) is 34.0 Å². The van der Waals surface area contributed by atoms with Gasteiger partial charge in [-0.05, 0) is 76.1 Å². The van der Waals surface area contributed by atoms with Gasteiger partial charge < -0.3 is 10.6 Å². The van der Waals surface area contributed by atoms with E-state index in [0.29, 0.717) is 35.3 Å². The topological polar surface area (TPSA) is 98.8 Å². The van der Waals surface area contributed by atoms with E-state index in [1.165, 1.54) is 48.3 Å². The van der Waals surface area contributed by atoms with Crippen molar-refractivity contribution < 1.29 is 19.2 Å². The summed E-state index contributed by atoms with van der Waals surface area (Å²) >= 11 is 0. The number of nitrogens with zero attached hydrogens (tertiary/aromatic N) is 2. The number of hydrogen-bond donors (Lipinski definition) is 2. The van der Waals surface area contributed by atoms with E-state index in [1.54, 1.807) is 48.5 Å². The average Bonchev–Trinajstić information content (AvgIpc) is 3.36. The van der Waals surface area contributed by atoms with Crippen molar-refractivity contribution in [3.63, 3.8) is 0 Å². The molecule has 10 heteroatoms. The molecule has 0 saturated heterocycles. The zero-order valence-electron chi connectivity index (χ0n) is 24.3. The van der Waals surface area contributed by atoms with Gasteiger partial charge in [-0.2, -0.15) is 0 Å². The summed E-state index contributed by atoms with van der Waals surface area (Å²) in [6.07, 6.45) is 11.3. The number of rotatable bonds is 19. The van der Waals surface area contributed by atoms with Crippen LogP contribution in [0.15, 0.2) is 48.5 Å². The summed E-state index contributed by atoms with van der Waals surface area (Å²) in [6.45, 7) is 4.49. The van der Waals surface area contributed by atoms with E-state index >= 15 is 0 Å². The van der Waals surface area contributed by atoms with Gasteiger partial charge in [0.25, 0.3) is 23.6 Å². The first kappa shape index (κ1) is 35.8. The van der Waals surface area contributed by atoms with Gasteiger partial charge in [0.15, 0.2) is 0 Å². The molecular weight excluding hydrogens is 664 g/mol. The largest absolute Gasteiger partial charge is 0.317 e. The maximum atomic E-state index is 12.4. The number of unbranched alkanes of at least 4 members (excludes halogenated alkanes) is 7. The number of hydrogen-bond acceptors (Lipinski definition) is 6. The minimum Gasteiger partial charge on any atom is -0.317 e. The number of nitrogens with one attached hydrogen (secondary N) is 2. The third kappa shape index (κ3) is 9.56. The molecule has 4 rings (SSSR count). The second-order valence-corrected chi connectivity index (χ2v) is 10.7. The molecule has 0 bridgehead atoms. The van der Waals surface area contributed by atoms with Crippen molar-refractivity contribution in [1.29, 1.82) is 0 Å². The summed E-state index contributed by atoms with van der Waals surface area (Å²) in [5.41, 5.74) is 2.08. The molecule has 0 saturated carbocycles. The van der Waals surface area contributed by atoms with Crippen LogP contribution in [0.5, 0.6) is 0 Å². The smallest absolute Gasteiger partial charge is 0.261 e. The van der Waals surface area contributed by atoms with Crippen LogP contribution in [-0.4, -0.2) is 72.7 Å². The molecule has 42 heavy (non-hydrogen) atoms. The van der Waals surface area contributed by atoms with Crippen LogP contribution in [0.1, 0.15) is 106 Å². The normalized spacial score (nSPS) is 13.7. The Kier molecular flexibility index (Phi) is 16.2. The molecular formula is C32H44Br2N4O4. The van der Waals surface area contributed by atoms with Crippen LogP contribution < -0.4 is 10.6 Å². The maximum absolute atomic E-state index is 12.4. The summed E-state index contributed by atoms with van der Waals surface area (Å²) in [6, 6.07) is 14.1. The Morgan fingerprint density at radius 1 is 0.405 bits per heavy atom. The summed E-state index contributed by atoms with van der Waals surface area (Å²) in [4.78, 5) is 52.2. The van der Waals surface area contributed by atoms with Crippen LogP contribution in [0, 0.1) is 0 Å². The van der Waals surface area contributed by atoms with Crippen molar-refractivity contribution in [3.05, 3.63) is 70.8 Å². The second kappa shape index (κ2) is 19.0. The van der Waals surface area contributed by atoms with Crippen LogP contribution in [0.25, 0.3) is 0 Å². The molecule has 2 aliphatic heterocycles. The van der Waals surface area contributed by atoms with Gasteiger partial charge in [0.1, 0.15) is 0 Å². The summed E-state index contributed by atoms with van der Waals surface area (Å²) in [5.74, 6) is -0.688. The summed E-state index contributed by atoms with van der Waals surface area (Å²) in [5, 5.41) is 6.86. The number of imide groups is 2. The molecule has 2 aromatic carbocycles. The van der Waals surface area contributed by atoms with Gasteiger partial charge in [0.2, 0.25) is 0 Å². The van der Waals surface area contributed by atoms with Crippen molar-refractivity contribution in [2.75, 3.05) is 39.3 Å². The average molecular weight is 709 g/mol. The lowest BCUT2D eigenvalue weighted by Gasteiger charge is -2.14. The number of amides is 4. The van der Waals surface area contributed by atoms with Crippen molar-refractivity contribution in [3.8, 4) is 0 Å². The second-order valence-electron chi connectivity index (χ2n) is 10.7. The number of fused-ring (bicyclic) bond motifs is 2. The van der Waals surface area contributed by atoms with Gasteiger partial charge in [-0.1, -0.05) is 62.8 Å². The molecule has 230 valence electrons. The lowest BCUT2D eigenvalue weighted by Crippen LogP contribution is -2.32. The molecule has 0 aliphatic carbocycles. The van der Waals surface area contributed by atoms with E-state index in [2.05, 4.69) is 10.6 Å². The molecule has 0 radical (unpaired) electrons. The molecule has 4 amide bonds. The first-order valence-electron chi connectivity index (χ1n) is 14.9. The minimum absolute atomic E-state index is 0. The van der Waals surface area contributed by atoms with E-state index in [1.807, 2.05) is 0 Å². The third-order valence-electron chi connectivity index (χ3n) is 7.68. The zero-order chi connectivity index (χ0) is 28.2. The highest BCUT2D eigenvalue weighted by molar-refractivity contribution is 8.93. The predicted molar refractivity (Wildman–Crippen MR) is 176 cm³/mol. The van der Waals surface area contributed by atoms with Crippen molar-refractivity contribution in [2.45, 2.75) is 64.2 Å². The van der Waals surface area contributed by atoms with E-state index in [-0.39, 0.29) is 57.6 Å². The highest BCUT2D eigenvalue weighted by atomic mass is 79.9. The summed E-state index contributed by atoms with van der Waals surface area (Å²) in [7, 11) is 0. The fourth-order valence-electron chi connectivity index (χ4n) is 5.42. The van der Waals surface area contributed by atoms with Crippen LogP contribution >= 0.6 is 34.0 Å². The van der Waals surface area contributed by atoms with Crippen molar-refractivity contribution in [2.24, 2.45) is 0 Å². The van der Waals surface area contributed by atoms with Gasteiger partial charge in [0, 0.05) is 13.1 Å². The highest BCUT2D eigenvalue weighted by Gasteiger charge is 2.35. The number of carbonyl (C=O) groups excluding carboxylic acids is 4. The van der Waals surface area contributed by atoms with E-state index in [4.69, 9.17) is 0 Å². The molecule has 0 fully saturated rings. The molecule has 0 aromatic heterocycles. The number of halogens is 2. The first-order valence-corrected chi connectivity index (χ1v) is 14.9. The molecule has 0 atom stereocenters. The van der Waals surface area contributed by atoms with Gasteiger partial charge in [0.05, 0.1) is 22.3 Å². The number of benzene rings is 2. The van der Waals surface area contributed by atoms with Crippen LogP contribution in [0.4, 0.5) is 0 Å². The maximum Gasteiger partial charge on any atom is 0.261 e. The fraction of sp³-hybridized carbons (Fsp3) is 0.500. The third-order valence-corrected chi connectivity index (χ3v) is 7.68. The van der Waals surface area contributed by atoms with E-state index in [9.17, 15) is 19.2 Å². The van der Waals surface area contributed by atoms with E-state index in [0.717, 1.165) is 51.9 Å². The molecule has 0 spiro atoms. The van der Waals surface area contributed by atoms with Crippen LogP contribution in [0.2, 0.25) is 0 Å². The monoisotopic (exact) mass is 706 g/mol. The Bertz CT molecular complexity index is 1030. The minimum atomic E-state index is -0.172. The Labute approximate surface area is 270 Å². The quantitative estimate of drug-likeness (QED) is 0.141. The highest BCUT2D eigenvalue weighted by Crippen LogP contribution is 2.23. The van der Waals surface area contributed by atoms with Gasteiger partial charge in [-0.25, -0.2) is 0 Å². The molecule has 2 aliphatic rings. The predicted octanol–water partition coefficient (Wildman–Crippen LogP) is 5.81. The first-order chi connectivity index (χ1) is 19.6. The van der Waals surface area contributed by atoms with Crippen LogP contribution in [0.3, 0.4) is 0 Å². The Balaban J connectivity index is 0.00000308. The standard InChI is InChI=1S/C32H42N4O4.2BrH/c37-29-25-15-7-8-16-26(25)30(38)35(29)23-13-21-33-19-11-5-3-1-2-4-6-12-20-34-22-14-24-36-31(39)27-17-9-10-18-28(27)32(36)40;;/h7-10,15-18,33-34H,1-6,11-14,19-24H2;2*1H. The zero-order valence-corrected chi connectivity index (χ0v) is 27.7. The van der Waals surface area contributed by atoms with Crippen LogP contribution in [-0.2, 0) is 0 Å². The number of carbonyl (C=O) groups is 4. The van der Waals surface area contributed by atoms with Gasteiger partial charge in [-0.3, -0.25) is 29.0 Å². The molecule has 2 heterocycles. The molecule has 2 aromatic rings. The Hall–Kier alpha value is -2.40. The lowest BCUT2D eigenvalue weighted by molar-refractivity contribution is 0.0637. The van der Waals surface area contributed by atoms with Gasteiger partial charge >= 0.3 is 0 Å². The molecule has 8 nitrogen and oxygen atoms in total. The fourth-order valence-corrected chi connectivity index (χ4v) is 5.42. The Morgan fingerprint density at radius 2 is 0.667 bits per heavy atom. The van der Waals surface area contributed by atoms with Crippen molar-refractivity contribution >= 4 is 57.6 Å². The Morgan fingerprint density at radius 3 is 0.976 bits per heavy atom. The molecule has 2 N–H and O–H groups in total. The van der Waals surface area contributed by atoms with Crippen molar-refractivity contribution in [1.82, 2.24) is 20.4 Å². The molecule has 0 unspecified atom stereocenters. The SMILES string of the molecule is Br.Br.O=C1c2ccccc2C(=O)N1CCCNCCCCCCCCCCNCCCN1C(=O)c2ccccc2C1=O. The lowest BCUT2D eigenvalue weighted by atomic mass is 10.1.